The van der Waals surface area contributed by atoms with Crippen LogP contribution in [0.1, 0.15) is 11.3 Å². The fourth-order valence-corrected chi connectivity index (χ4v) is 1.79. The number of hydrogen-bond donors (Lipinski definition) is 2. The van der Waals surface area contributed by atoms with E-state index in [1.54, 1.807) is 18.2 Å². The van der Waals surface area contributed by atoms with Gasteiger partial charge in [-0.2, -0.15) is 5.26 Å². The molecule has 1 amide bonds. The molecule has 0 spiro atoms. The lowest BCUT2D eigenvalue weighted by Gasteiger charge is -2.03. The number of nitriles is 1. The second kappa shape index (κ2) is 6.64. The van der Waals surface area contributed by atoms with Crippen molar-refractivity contribution in [3.8, 4) is 11.8 Å². The molecule has 21 heavy (non-hydrogen) atoms. The SMILES string of the molecule is N#C/C(=C/c1ccc(O)c(Cl)c1)C(=O)NCc1ccco1. The molecule has 0 bridgehead atoms. The smallest absolute Gasteiger partial charge is 0.262 e. The molecule has 2 aromatic rings. The number of carbonyl (C=O) groups is 1. The highest BCUT2D eigenvalue weighted by atomic mass is 35.5. The van der Waals surface area contributed by atoms with Crippen molar-refractivity contribution in [1.29, 1.82) is 5.26 Å². The summed E-state index contributed by atoms with van der Waals surface area (Å²) < 4.78 is 5.08. The lowest BCUT2D eigenvalue weighted by atomic mass is 10.1. The van der Waals surface area contributed by atoms with E-state index in [0.29, 0.717) is 11.3 Å². The van der Waals surface area contributed by atoms with E-state index in [0.717, 1.165) is 0 Å². The number of amides is 1. The predicted molar refractivity (Wildman–Crippen MR) is 77.3 cm³/mol. The number of furan rings is 1. The summed E-state index contributed by atoms with van der Waals surface area (Å²) in [7, 11) is 0. The highest BCUT2D eigenvalue weighted by molar-refractivity contribution is 6.32. The van der Waals surface area contributed by atoms with Crippen molar-refractivity contribution in [2.24, 2.45) is 0 Å². The van der Waals surface area contributed by atoms with Crippen molar-refractivity contribution in [2.75, 3.05) is 0 Å². The van der Waals surface area contributed by atoms with Crippen LogP contribution in [0.25, 0.3) is 6.08 Å². The van der Waals surface area contributed by atoms with E-state index in [1.165, 1.54) is 24.5 Å². The molecule has 0 atom stereocenters. The molecule has 0 saturated heterocycles. The van der Waals surface area contributed by atoms with E-state index in [1.807, 2.05) is 6.07 Å². The summed E-state index contributed by atoms with van der Waals surface area (Å²) in [6.07, 6.45) is 2.89. The molecule has 0 fully saturated rings. The molecule has 1 aromatic carbocycles. The van der Waals surface area contributed by atoms with Crippen LogP contribution in [0.4, 0.5) is 0 Å². The lowest BCUT2D eigenvalue weighted by molar-refractivity contribution is -0.117. The van der Waals surface area contributed by atoms with Gasteiger partial charge >= 0.3 is 0 Å². The van der Waals surface area contributed by atoms with Gasteiger partial charge in [-0.25, -0.2) is 0 Å². The van der Waals surface area contributed by atoms with Crippen LogP contribution in [0.15, 0.2) is 46.6 Å². The Morgan fingerprint density at radius 1 is 1.48 bits per heavy atom. The predicted octanol–water partition coefficient (Wildman–Crippen LogP) is 2.86. The monoisotopic (exact) mass is 302 g/mol. The maximum absolute atomic E-state index is 11.9. The summed E-state index contributed by atoms with van der Waals surface area (Å²) in [5, 5.41) is 21.1. The van der Waals surface area contributed by atoms with E-state index >= 15 is 0 Å². The van der Waals surface area contributed by atoms with Gasteiger partial charge in [-0.1, -0.05) is 17.7 Å². The van der Waals surface area contributed by atoms with Gasteiger partial charge in [0.2, 0.25) is 0 Å². The molecule has 2 N–H and O–H groups in total. The van der Waals surface area contributed by atoms with Crippen LogP contribution in [-0.4, -0.2) is 11.0 Å². The van der Waals surface area contributed by atoms with Gasteiger partial charge in [-0.3, -0.25) is 4.79 Å². The zero-order chi connectivity index (χ0) is 15.2. The van der Waals surface area contributed by atoms with Gasteiger partial charge in [0, 0.05) is 0 Å². The maximum atomic E-state index is 11.9. The van der Waals surface area contributed by atoms with Crippen molar-refractivity contribution >= 4 is 23.6 Å². The molecule has 0 aliphatic carbocycles. The average molecular weight is 303 g/mol. The van der Waals surface area contributed by atoms with Crippen LogP contribution in [0.3, 0.4) is 0 Å². The number of carbonyl (C=O) groups excluding carboxylic acids is 1. The zero-order valence-electron chi connectivity index (χ0n) is 10.8. The van der Waals surface area contributed by atoms with E-state index in [4.69, 9.17) is 21.3 Å². The first-order valence-electron chi connectivity index (χ1n) is 6.01. The first kappa shape index (κ1) is 14.7. The fraction of sp³-hybridized carbons (Fsp3) is 0.0667. The van der Waals surface area contributed by atoms with Gasteiger partial charge in [0.1, 0.15) is 23.2 Å². The molecule has 1 aromatic heterocycles. The van der Waals surface area contributed by atoms with Crippen LogP contribution < -0.4 is 5.32 Å². The van der Waals surface area contributed by atoms with Gasteiger partial charge in [-0.05, 0) is 35.9 Å². The number of aromatic hydroxyl groups is 1. The third-order valence-corrected chi connectivity index (χ3v) is 2.95. The molecule has 106 valence electrons. The first-order valence-corrected chi connectivity index (χ1v) is 6.39. The third kappa shape index (κ3) is 3.88. The van der Waals surface area contributed by atoms with Crippen molar-refractivity contribution < 1.29 is 14.3 Å². The van der Waals surface area contributed by atoms with Crippen molar-refractivity contribution in [1.82, 2.24) is 5.32 Å². The standard InChI is InChI=1S/C15H11ClN2O3/c16-13-7-10(3-4-14(13)19)6-11(8-17)15(20)18-9-12-2-1-5-21-12/h1-7,19H,9H2,(H,18,20)/b11-6-. The third-order valence-electron chi connectivity index (χ3n) is 2.65. The Labute approximate surface area is 126 Å². The zero-order valence-corrected chi connectivity index (χ0v) is 11.6. The number of phenols is 1. The Morgan fingerprint density at radius 3 is 2.90 bits per heavy atom. The number of phenolic OH excluding ortho intramolecular Hbond substituents is 1. The topological polar surface area (TPSA) is 86.3 Å². The normalized spacial score (nSPS) is 11.0. The van der Waals surface area contributed by atoms with E-state index in [-0.39, 0.29) is 22.9 Å². The molecule has 1 heterocycles. The van der Waals surface area contributed by atoms with Crippen molar-refractivity contribution in [2.45, 2.75) is 6.54 Å². The Bertz CT molecular complexity index is 715. The molecule has 5 nitrogen and oxygen atoms in total. The second-order valence-electron chi connectivity index (χ2n) is 4.14. The molecule has 0 aliphatic rings. The molecule has 0 aliphatic heterocycles. The molecular weight excluding hydrogens is 292 g/mol. The fourth-order valence-electron chi connectivity index (χ4n) is 1.60. The molecule has 0 saturated carbocycles. The lowest BCUT2D eigenvalue weighted by Crippen LogP contribution is -2.23. The quantitative estimate of drug-likeness (QED) is 0.671. The summed E-state index contributed by atoms with van der Waals surface area (Å²) in [5.41, 5.74) is 0.478. The van der Waals surface area contributed by atoms with E-state index in [9.17, 15) is 9.90 Å². The molecule has 0 unspecified atom stereocenters. The highest BCUT2D eigenvalue weighted by Gasteiger charge is 2.10. The van der Waals surface area contributed by atoms with E-state index in [2.05, 4.69) is 5.32 Å². The van der Waals surface area contributed by atoms with Crippen LogP contribution in [0.2, 0.25) is 5.02 Å². The number of rotatable bonds is 4. The number of nitrogens with zero attached hydrogens (tertiary/aromatic N) is 1. The summed E-state index contributed by atoms with van der Waals surface area (Å²) in [6.45, 7) is 0.196. The largest absolute Gasteiger partial charge is 0.506 e. The summed E-state index contributed by atoms with van der Waals surface area (Å²) >= 11 is 5.77. The Kier molecular flexibility index (Phi) is 4.64. The molecular formula is C15H11ClN2O3. The van der Waals surface area contributed by atoms with Crippen LogP contribution in [0.5, 0.6) is 5.75 Å². The number of nitrogens with one attached hydrogen (secondary N) is 1. The Hall–Kier alpha value is -2.71. The van der Waals surface area contributed by atoms with Gasteiger partial charge in [-0.15, -0.1) is 0 Å². The highest BCUT2D eigenvalue weighted by Crippen LogP contribution is 2.24. The van der Waals surface area contributed by atoms with E-state index < -0.39 is 5.91 Å². The summed E-state index contributed by atoms with van der Waals surface area (Å²) in [5.74, 6) is 0.0148. The maximum Gasteiger partial charge on any atom is 0.262 e. The first-order chi connectivity index (χ1) is 10.1. The summed E-state index contributed by atoms with van der Waals surface area (Å²) in [6, 6.07) is 9.67. The summed E-state index contributed by atoms with van der Waals surface area (Å²) in [4.78, 5) is 11.9. The molecule has 2 rings (SSSR count). The number of halogens is 1. The van der Waals surface area contributed by atoms with Gasteiger partial charge in [0.05, 0.1) is 17.8 Å². The Balaban J connectivity index is 2.10. The number of hydrogen-bond acceptors (Lipinski definition) is 4. The van der Waals surface area contributed by atoms with Crippen molar-refractivity contribution in [3.63, 3.8) is 0 Å². The minimum absolute atomic E-state index is 0.0606. The minimum Gasteiger partial charge on any atom is -0.506 e. The van der Waals surface area contributed by atoms with Crippen LogP contribution >= 0.6 is 11.6 Å². The van der Waals surface area contributed by atoms with Crippen LogP contribution in [-0.2, 0) is 11.3 Å². The molecule has 6 heteroatoms. The van der Waals surface area contributed by atoms with Gasteiger partial charge in [0.15, 0.2) is 0 Å². The second-order valence-corrected chi connectivity index (χ2v) is 4.55. The Morgan fingerprint density at radius 2 is 2.29 bits per heavy atom. The van der Waals surface area contributed by atoms with Crippen LogP contribution in [0, 0.1) is 11.3 Å². The molecule has 0 radical (unpaired) electrons. The van der Waals surface area contributed by atoms with Gasteiger partial charge in [0.25, 0.3) is 5.91 Å². The minimum atomic E-state index is -0.516. The number of benzene rings is 1. The van der Waals surface area contributed by atoms with Crippen molar-refractivity contribution in [3.05, 3.63) is 58.5 Å². The average Bonchev–Trinajstić information content (AvgIpc) is 2.99. The van der Waals surface area contributed by atoms with Gasteiger partial charge < -0.3 is 14.8 Å².